The Kier molecular flexibility index (Phi) is 6.17. The molecule has 1 heterocycles. The summed E-state index contributed by atoms with van der Waals surface area (Å²) < 4.78 is 5.08. The predicted molar refractivity (Wildman–Crippen MR) is 90.6 cm³/mol. The molecule has 2 amide bonds. The van der Waals surface area contributed by atoms with Crippen molar-refractivity contribution in [3.05, 3.63) is 52.2 Å². The maximum atomic E-state index is 12.0. The van der Waals surface area contributed by atoms with Gasteiger partial charge in [-0.15, -0.1) is 0 Å². The maximum absolute atomic E-state index is 12.0. The molecule has 1 aromatic carbocycles. The fraction of sp³-hybridized carbons (Fsp3) is 0.294. The third kappa shape index (κ3) is 5.10. The number of hydrogen-bond acceptors (Lipinski definition) is 4. The lowest BCUT2D eigenvalue weighted by atomic mass is 10.0. The van der Waals surface area contributed by atoms with E-state index in [1.54, 1.807) is 18.4 Å². The fourth-order valence-corrected chi connectivity index (χ4v) is 2.75. The number of amides is 2. The number of carbonyl (C=O) groups is 2. The van der Waals surface area contributed by atoms with Crippen molar-refractivity contribution in [2.75, 3.05) is 13.7 Å². The molecule has 23 heavy (non-hydrogen) atoms. The summed E-state index contributed by atoms with van der Waals surface area (Å²) in [5, 5.41) is 9.30. The van der Waals surface area contributed by atoms with Crippen LogP contribution in [-0.4, -0.2) is 25.5 Å². The van der Waals surface area contributed by atoms with E-state index < -0.39 is 0 Å². The molecule has 0 aliphatic carbocycles. The molecule has 0 bridgehead atoms. The summed E-state index contributed by atoms with van der Waals surface area (Å²) in [6.45, 7) is 2.22. The standard InChI is InChI=1S/C17H20N2O3S/c1-12(14-7-8-23-11-14)17(21)19-10-16(20)18-9-13-3-5-15(22-2)6-4-13/h3-8,11-12H,9-10H2,1-2H3,(H,18,20)(H,19,21)/t12-/m1/s1. The zero-order valence-electron chi connectivity index (χ0n) is 13.2. The molecule has 6 heteroatoms. The van der Waals surface area contributed by atoms with Crippen molar-refractivity contribution < 1.29 is 14.3 Å². The van der Waals surface area contributed by atoms with Gasteiger partial charge in [0.1, 0.15) is 5.75 Å². The third-order valence-electron chi connectivity index (χ3n) is 3.51. The minimum Gasteiger partial charge on any atom is -0.497 e. The average Bonchev–Trinajstić information content (AvgIpc) is 3.12. The Balaban J connectivity index is 1.73. The third-order valence-corrected chi connectivity index (χ3v) is 4.21. The van der Waals surface area contributed by atoms with Crippen LogP contribution in [0.1, 0.15) is 24.0 Å². The van der Waals surface area contributed by atoms with E-state index in [0.29, 0.717) is 6.54 Å². The van der Waals surface area contributed by atoms with Crippen LogP contribution < -0.4 is 15.4 Å². The van der Waals surface area contributed by atoms with Gasteiger partial charge in [0.25, 0.3) is 0 Å². The number of hydrogen-bond donors (Lipinski definition) is 2. The van der Waals surface area contributed by atoms with E-state index >= 15 is 0 Å². The molecule has 1 aromatic heterocycles. The van der Waals surface area contributed by atoms with E-state index in [2.05, 4.69) is 10.6 Å². The van der Waals surface area contributed by atoms with Crippen molar-refractivity contribution in [2.24, 2.45) is 0 Å². The first-order valence-corrected chi connectivity index (χ1v) is 8.24. The van der Waals surface area contributed by atoms with Crippen molar-refractivity contribution in [3.8, 4) is 5.75 Å². The van der Waals surface area contributed by atoms with Gasteiger partial charge in [-0.25, -0.2) is 0 Å². The molecule has 0 aliphatic rings. The summed E-state index contributed by atoms with van der Waals surface area (Å²) in [7, 11) is 1.61. The van der Waals surface area contributed by atoms with Crippen LogP contribution in [-0.2, 0) is 16.1 Å². The molecule has 0 radical (unpaired) electrons. The summed E-state index contributed by atoms with van der Waals surface area (Å²) in [5.41, 5.74) is 1.93. The van der Waals surface area contributed by atoms with Gasteiger partial charge in [-0.1, -0.05) is 12.1 Å². The quantitative estimate of drug-likeness (QED) is 0.817. The van der Waals surface area contributed by atoms with Crippen LogP contribution in [0.2, 0.25) is 0 Å². The largest absolute Gasteiger partial charge is 0.497 e. The molecule has 2 rings (SSSR count). The van der Waals surface area contributed by atoms with Crippen LogP contribution in [0.15, 0.2) is 41.1 Å². The Morgan fingerprint density at radius 3 is 2.52 bits per heavy atom. The molecule has 0 saturated heterocycles. The van der Waals surface area contributed by atoms with Crippen molar-refractivity contribution >= 4 is 23.2 Å². The lowest BCUT2D eigenvalue weighted by molar-refractivity contribution is -0.126. The van der Waals surface area contributed by atoms with E-state index in [-0.39, 0.29) is 24.3 Å². The first-order chi connectivity index (χ1) is 11.1. The SMILES string of the molecule is COc1ccc(CNC(=O)CNC(=O)[C@H](C)c2ccsc2)cc1. The predicted octanol–water partition coefficient (Wildman–Crippen LogP) is 2.29. The van der Waals surface area contributed by atoms with Crippen LogP contribution in [0.3, 0.4) is 0 Å². The van der Waals surface area contributed by atoms with Gasteiger partial charge in [-0.05, 0) is 47.0 Å². The second-order valence-electron chi connectivity index (χ2n) is 5.12. The second-order valence-corrected chi connectivity index (χ2v) is 5.90. The summed E-state index contributed by atoms with van der Waals surface area (Å²) in [4.78, 5) is 23.8. The average molecular weight is 332 g/mol. The van der Waals surface area contributed by atoms with Gasteiger partial charge in [-0.2, -0.15) is 11.3 Å². The molecular formula is C17H20N2O3S. The van der Waals surface area contributed by atoms with Crippen LogP contribution in [0.25, 0.3) is 0 Å². The zero-order chi connectivity index (χ0) is 16.7. The van der Waals surface area contributed by atoms with Gasteiger partial charge < -0.3 is 15.4 Å². The molecule has 0 spiro atoms. The number of rotatable bonds is 7. The molecule has 0 aliphatic heterocycles. The number of benzene rings is 1. The van der Waals surface area contributed by atoms with Gasteiger partial charge >= 0.3 is 0 Å². The summed E-state index contributed by atoms with van der Waals surface area (Å²) in [6.07, 6.45) is 0. The molecule has 0 unspecified atom stereocenters. The second kappa shape index (κ2) is 8.33. The molecular weight excluding hydrogens is 312 g/mol. The van der Waals surface area contributed by atoms with Crippen molar-refractivity contribution in [3.63, 3.8) is 0 Å². The van der Waals surface area contributed by atoms with E-state index in [0.717, 1.165) is 16.9 Å². The monoisotopic (exact) mass is 332 g/mol. The smallest absolute Gasteiger partial charge is 0.239 e. The van der Waals surface area contributed by atoms with E-state index in [4.69, 9.17) is 4.74 Å². The van der Waals surface area contributed by atoms with Crippen molar-refractivity contribution in [1.29, 1.82) is 0 Å². The minimum atomic E-state index is -0.254. The van der Waals surface area contributed by atoms with E-state index in [9.17, 15) is 9.59 Å². The Labute approximate surface area is 139 Å². The van der Waals surface area contributed by atoms with Gasteiger partial charge in [-0.3, -0.25) is 9.59 Å². The topological polar surface area (TPSA) is 67.4 Å². The highest BCUT2D eigenvalue weighted by Gasteiger charge is 2.16. The van der Waals surface area contributed by atoms with Crippen LogP contribution in [0.4, 0.5) is 0 Å². The highest BCUT2D eigenvalue weighted by atomic mass is 32.1. The molecule has 0 fully saturated rings. The van der Waals surface area contributed by atoms with Gasteiger partial charge in [0, 0.05) is 6.54 Å². The highest BCUT2D eigenvalue weighted by Crippen LogP contribution is 2.17. The Morgan fingerprint density at radius 2 is 1.91 bits per heavy atom. The normalized spacial score (nSPS) is 11.6. The van der Waals surface area contributed by atoms with Crippen LogP contribution in [0.5, 0.6) is 5.75 Å². The molecule has 122 valence electrons. The first kappa shape index (κ1) is 17.0. The van der Waals surface area contributed by atoms with Crippen molar-refractivity contribution in [2.45, 2.75) is 19.4 Å². The van der Waals surface area contributed by atoms with Gasteiger partial charge in [0.15, 0.2) is 0 Å². The number of nitrogens with one attached hydrogen (secondary N) is 2. The fourth-order valence-electron chi connectivity index (χ4n) is 2.00. The maximum Gasteiger partial charge on any atom is 0.239 e. The van der Waals surface area contributed by atoms with Crippen LogP contribution >= 0.6 is 11.3 Å². The molecule has 1 atom stereocenters. The van der Waals surface area contributed by atoms with E-state index in [1.807, 2.05) is 48.0 Å². The number of methoxy groups -OCH3 is 1. The Morgan fingerprint density at radius 1 is 1.17 bits per heavy atom. The van der Waals surface area contributed by atoms with Crippen molar-refractivity contribution in [1.82, 2.24) is 10.6 Å². The molecule has 2 N–H and O–H groups in total. The number of thiophene rings is 1. The number of carbonyl (C=O) groups excluding carboxylic acids is 2. The van der Waals surface area contributed by atoms with Crippen LogP contribution in [0, 0.1) is 0 Å². The lowest BCUT2D eigenvalue weighted by Crippen LogP contribution is -2.38. The number of ether oxygens (including phenoxy) is 1. The molecule has 2 aromatic rings. The minimum absolute atomic E-state index is 0.0243. The Bertz CT molecular complexity index is 638. The Hall–Kier alpha value is -2.34. The summed E-state index contributed by atoms with van der Waals surface area (Å²) >= 11 is 1.55. The van der Waals surface area contributed by atoms with Gasteiger partial charge in [0.2, 0.25) is 11.8 Å². The first-order valence-electron chi connectivity index (χ1n) is 7.29. The zero-order valence-corrected chi connectivity index (χ0v) is 14.0. The lowest BCUT2D eigenvalue weighted by Gasteiger charge is -2.11. The summed E-state index contributed by atoms with van der Waals surface area (Å²) in [5.74, 6) is 0.153. The molecule has 5 nitrogen and oxygen atoms in total. The summed E-state index contributed by atoms with van der Waals surface area (Å²) in [6, 6.07) is 9.36. The highest BCUT2D eigenvalue weighted by molar-refractivity contribution is 7.08. The molecule has 0 saturated carbocycles. The van der Waals surface area contributed by atoms with Gasteiger partial charge in [0.05, 0.1) is 19.6 Å². The van der Waals surface area contributed by atoms with E-state index in [1.165, 1.54) is 0 Å².